The molecule has 2 N–H and O–H groups in total. The van der Waals surface area contributed by atoms with Crippen LogP contribution in [0.5, 0.6) is 17.2 Å². The molecular weight excluding hydrogens is 852 g/mol. The summed E-state index contributed by atoms with van der Waals surface area (Å²) in [5.41, 5.74) is 5.94. The zero-order chi connectivity index (χ0) is 44.5. The highest BCUT2D eigenvalue weighted by Crippen LogP contribution is 2.46. The minimum absolute atomic E-state index is 0.107. The summed E-state index contributed by atoms with van der Waals surface area (Å²) in [4.78, 5) is 63.7. The molecule has 0 bridgehead atoms. The van der Waals surface area contributed by atoms with Crippen molar-refractivity contribution in [2.24, 2.45) is 0 Å². The van der Waals surface area contributed by atoms with Crippen LogP contribution in [-0.2, 0) is 22.6 Å². The molecule has 2 unspecified atom stereocenters. The summed E-state index contributed by atoms with van der Waals surface area (Å²) in [6, 6.07) is 27.9. The van der Waals surface area contributed by atoms with Crippen LogP contribution in [0.15, 0.2) is 102 Å². The molecule has 5 aromatic rings. The van der Waals surface area contributed by atoms with Crippen molar-refractivity contribution in [3.05, 3.63) is 125 Å². The monoisotopic (exact) mass is 900 g/mol. The van der Waals surface area contributed by atoms with Crippen LogP contribution < -0.4 is 29.1 Å². The average Bonchev–Trinajstić information content (AvgIpc) is 3.66. The molecule has 330 valence electrons. The van der Waals surface area contributed by atoms with E-state index >= 15 is 0 Å². The molecule has 15 heteroatoms. The number of carbonyl (C=O) groups excluding carboxylic acids is 4. The topological polar surface area (TPSA) is 133 Å². The quantitative estimate of drug-likeness (QED) is 0.101. The van der Waals surface area contributed by atoms with E-state index in [0.717, 1.165) is 56.6 Å². The molecule has 0 saturated carbocycles. The number of benzene rings is 5. The van der Waals surface area contributed by atoms with Gasteiger partial charge in [-0.2, -0.15) is 0 Å². The van der Waals surface area contributed by atoms with Gasteiger partial charge in [-0.3, -0.25) is 19.1 Å². The molecule has 4 aliphatic heterocycles. The van der Waals surface area contributed by atoms with Crippen molar-refractivity contribution in [2.45, 2.75) is 36.3 Å². The maximum Gasteiger partial charge on any atom is 0.415 e. The second-order valence-electron chi connectivity index (χ2n) is 16.4. The Balaban J connectivity index is 0.897. The molecule has 0 aromatic heterocycles. The number of rotatable bonds is 11. The lowest BCUT2D eigenvalue weighted by atomic mass is 9.93. The molecule has 9 rings (SSSR count). The predicted octanol–water partition coefficient (Wildman–Crippen LogP) is 7.56. The Hall–Kier alpha value is -6.06. The number of fused-ring (bicyclic) bond motifs is 5. The minimum Gasteiger partial charge on any atom is -0.493 e. The maximum atomic E-state index is 14.2. The highest BCUT2D eigenvalue weighted by molar-refractivity contribution is 7.97. The van der Waals surface area contributed by atoms with Crippen LogP contribution >= 0.6 is 23.5 Å². The Bertz CT molecular complexity index is 2670. The SMILES string of the molecule is CNSc1ccc(C2=CCN3C(=O)c4cc(OC)c(OCc5cccc(CC(=O)N6CC(CCl)c7c6cc(OC(=O)N6CCN(C)CC6)c6ccccc76)c5)cc4NC(=O)C3C2)cc1. The van der Waals surface area contributed by atoms with E-state index in [-0.39, 0.29) is 36.7 Å². The Morgan fingerprint density at radius 1 is 0.891 bits per heavy atom. The van der Waals surface area contributed by atoms with Gasteiger partial charge in [-0.25, -0.2) is 4.79 Å². The second-order valence-corrected chi connectivity index (χ2v) is 17.8. The molecule has 0 aliphatic carbocycles. The van der Waals surface area contributed by atoms with Gasteiger partial charge in [0.2, 0.25) is 11.8 Å². The van der Waals surface area contributed by atoms with E-state index in [1.807, 2.05) is 99.0 Å². The van der Waals surface area contributed by atoms with Gasteiger partial charge in [0.25, 0.3) is 5.91 Å². The molecule has 5 aromatic carbocycles. The molecule has 1 fully saturated rings. The number of nitrogens with one attached hydrogen (secondary N) is 2. The normalized spacial score (nSPS) is 18.4. The molecule has 4 heterocycles. The van der Waals surface area contributed by atoms with Crippen molar-refractivity contribution >= 4 is 75.1 Å². The van der Waals surface area contributed by atoms with Crippen LogP contribution in [0, 0.1) is 0 Å². The molecule has 64 heavy (non-hydrogen) atoms. The Morgan fingerprint density at radius 2 is 1.66 bits per heavy atom. The maximum absolute atomic E-state index is 14.2. The van der Waals surface area contributed by atoms with E-state index in [2.05, 4.69) is 14.9 Å². The van der Waals surface area contributed by atoms with Gasteiger partial charge >= 0.3 is 6.09 Å². The number of anilines is 2. The number of carbonyl (C=O) groups is 4. The largest absolute Gasteiger partial charge is 0.493 e. The van der Waals surface area contributed by atoms with Crippen molar-refractivity contribution in [1.29, 1.82) is 0 Å². The number of piperazine rings is 1. The number of hydrogen-bond acceptors (Lipinski definition) is 10. The standard InChI is InChI=1S/C49H49ClN6O7S/c1-51-64-35-13-11-32(12-14-35)33-15-16-55-41(23-33)47(58)52-39-25-44(43(61-3)24-38(39)48(55)59)62-29-31-8-6-7-30(21-31)22-45(57)56-28-34(27-50)46-37-10-5-4-9-36(37)42(26-40(46)56)63-49(60)54-19-17-53(2)18-20-54/h4-15,21,24-26,34,41,51H,16-20,22-23,27-29H2,1-3H3,(H,52,58). The van der Waals surface area contributed by atoms with E-state index in [1.54, 1.807) is 26.8 Å². The third kappa shape index (κ3) is 8.62. The number of methoxy groups -OCH3 is 1. The number of ether oxygens (including phenoxy) is 3. The number of nitrogens with zero attached hydrogens (tertiary/aromatic N) is 4. The first kappa shape index (κ1) is 43.2. The van der Waals surface area contributed by atoms with Crippen molar-refractivity contribution < 1.29 is 33.4 Å². The van der Waals surface area contributed by atoms with Crippen LogP contribution in [-0.4, -0.2) is 111 Å². The van der Waals surface area contributed by atoms with Crippen molar-refractivity contribution in [1.82, 2.24) is 19.4 Å². The molecule has 4 aliphatic rings. The molecule has 0 spiro atoms. The van der Waals surface area contributed by atoms with Crippen LogP contribution in [0.2, 0.25) is 0 Å². The molecule has 0 radical (unpaired) electrons. The van der Waals surface area contributed by atoms with Crippen LogP contribution in [0.3, 0.4) is 0 Å². The summed E-state index contributed by atoms with van der Waals surface area (Å²) >= 11 is 8.08. The van der Waals surface area contributed by atoms with E-state index in [4.69, 9.17) is 25.8 Å². The molecule has 4 amide bonds. The van der Waals surface area contributed by atoms with Crippen molar-refractivity contribution in [3.8, 4) is 17.2 Å². The molecule has 13 nitrogen and oxygen atoms in total. The lowest BCUT2D eigenvalue weighted by molar-refractivity contribution is -0.120. The zero-order valence-corrected chi connectivity index (χ0v) is 37.5. The Labute approximate surface area is 381 Å². The summed E-state index contributed by atoms with van der Waals surface area (Å²) < 4.78 is 21.2. The van der Waals surface area contributed by atoms with E-state index in [0.29, 0.717) is 72.7 Å². The fourth-order valence-electron chi connectivity index (χ4n) is 9.04. The van der Waals surface area contributed by atoms with E-state index in [1.165, 1.54) is 19.1 Å². The lowest BCUT2D eigenvalue weighted by Gasteiger charge is -2.32. The summed E-state index contributed by atoms with van der Waals surface area (Å²) in [7, 11) is 5.41. The van der Waals surface area contributed by atoms with Crippen molar-refractivity contribution in [2.75, 3.05) is 76.6 Å². The first-order valence-electron chi connectivity index (χ1n) is 21.4. The van der Waals surface area contributed by atoms with E-state index in [9.17, 15) is 19.2 Å². The first-order valence-corrected chi connectivity index (χ1v) is 22.7. The minimum atomic E-state index is -0.687. The zero-order valence-electron chi connectivity index (χ0n) is 35.9. The number of likely N-dealkylation sites (N-methyl/N-ethyl adjacent to an activating group) is 1. The van der Waals surface area contributed by atoms with E-state index < -0.39 is 12.1 Å². The third-order valence-corrected chi connectivity index (χ3v) is 13.5. The van der Waals surface area contributed by atoms with Crippen molar-refractivity contribution in [3.63, 3.8) is 0 Å². The van der Waals surface area contributed by atoms with Gasteiger partial charge in [-0.05, 0) is 77.5 Å². The Kier molecular flexibility index (Phi) is 12.5. The summed E-state index contributed by atoms with van der Waals surface area (Å²) in [6.45, 7) is 3.51. The Morgan fingerprint density at radius 3 is 2.41 bits per heavy atom. The van der Waals surface area contributed by atoms with Gasteiger partial charge in [0.15, 0.2) is 11.5 Å². The number of hydrogen-bond donors (Lipinski definition) is 2. The highest BCUT2D eigenvalue weighted by Gasteiger charge is 2.39. The number of alkyl halides is 1. The fraction of sp³-hybridized carbons (Fsp3) is 0.306. The lowest BCUT2D eigenvalue weighted by Crippen LogP contribution is -2.48. The van der Waals surface area contributed by atoms with Crippen LogP contribution in [0.4, 0.5) is 16.2 Å². The molecule has 1 saturated heterocycles. The summed E-state index contributed by atoms with van der Waals surface area (Å²) in [6.07, 6.45) is 2.09. The van der Waals surface area contributed by atoms with Gasteiger partial charge in [0.05, 0.1) is 30.5 Å². The van der Waals surface area contributed by atoms with Gasteiger partial charge in [-0.1, -0.05) is 66.7 Å². The smallest absolute Gasteiger partial charge is 0.415 e. The number of halogens is 1. The van der Waals surface area contributed by atoms with Gasteiger partial charge in [0, 0.05) is 79.9 Å². The summed E-state index contributed by atoms with van der Waals surface area (Å²) in [5.74, 6) is 0.657. The molecular formula is C49H49ClN6O7S. The third-order valence-electron chi connectivity index (χ3n) is 12.4. The predicted molar refractivity (Wildman–Crippen MR) is 250 cm³/mol. The van der Waals surface area contributed by atoms with Gasteiger partial charge < -0.3 is 39.1 Å². The van der Waals surface area contributed by atoms with Gasteiger partial charge in [0.1, 0.15) is 18.4 Å². The average molecular weight is 901 g/mol. The first-order chi connectivity index (χ1) is 31.1. The van der Waals surface area contributed by atoms with Crippen LogP contribution in [0.25, 0.3) is 16.3 Å². The van der Waals surface area contributed by atoms with Crippen LogP contribution in [0.1, 0.15) is 45.0 Å². The molecule has 2 atom stereocenters. The van der Waals surface area contributed by atoms with Gasteiger partial charge in [-0.15, -0.1) is 11.6 Å². The number of amides is 4. The fourth-order valence-corrected chi connectivity index (χ4v) is 9.80. The summed E-state index contributed by atoms with van der Waals surface area (Å²) in [5, 5.41) is 4.70. The second kappa shape index (κ2) is 18.6. The highest BCUT2D eigenvalue weighted by atomic mass is 35.5.